The number of carbonyl (C=O) groups excluding carboxylic acids is 1. The summed E-state index contributed by atoms with van der Waals surface area (Å²) in [6.07, 6.45) is 8.21. The van der Waals surface area contributed by atoms with Crippen molar-refractivity contribution in [3.05, 3.63) is 24.4 Å². The van der Waals surface area contributed by atoms with Crippen LogP contribution in [0.5, 0.6) is 0 Å². The second-order valence-electron chi connectivity index (χ2n) is 6.88. The van der Waals surface area contributed by atoms with E-state index in [1.807, 2.05) is 24.4 Å². The Morgan fingerprint density at radius 1 is 1.39 bits per heavy atom. The monoisotopic (exact) mass is 317 g/mol. The number of hydrogen-bond acceptors (Lipinski definition) is 4. The van der Waals surface area contributed by atoms with Crippen LogP contribution in [0.15, 0.2) is 24.4 Å². The molecule has 1 amide bonds. The Morgan fingerprint density at radius 3 is 2.91 bits per heavy atom. The lowest BCUT2D eigenvalue weighted by molar-refractivity contribution is -0.128. The lowest BCUT2D eigenvalue weighted by Crippen LogP contribution is -2.54. The summed E-state index contributed by atoms with van der Waals surface area (Å²) in [5.41, 5.74) is -0.140. The maximum absolute atomic E-state index is 12.8. The number of hydrogen-bond donors (Lipinski definition) is 1. The van der Waals surface area contributed by atoms with E-state index in [1.54, 1.807) is 7.11 Å². The fraction of sp³-hybridized carbons (Fsp3) is 0.667. The Kier molecular flexibility index (Phi) is 5.16. The number of ether oxygens (including phenoxy) is 1. The Morgan fingerprint density at radius 2 is 2.22 bits per heavy atom. The number of rotatable bonds is 5. The Balaban J connectivity index is 1.63. The molecule has 0 radical (unpaired) electrons. The Bertz CT molecular complexity index is 514. The van der Waals surface area contributed by atoms with Gasteiger partial charge >= 0.3 is 0 Å². The van der Waals surface area contributed by atoms with Crippen LogP contribution in [0, 0.1) is 5.92 Å². The average molecular weight is 317 g/mol. The minimum absolute atomic E-state index is 0.0417. The molecule has 1 unspecified atom stereocenters. The highest BCUT2D eigenvalue weighted by Crippen LogP contribution is 2.31. The van der Waals surface area contributed by atoms with Crippen molar-refractivity contribution in [1.82, 2.24) is 10.3 Å². The van der Waals surface area contributed by atoms with Gasteiger partial charge in [0.25, 0.3) is 0 Å². The third kappa shape index (κ3) is 3.83. The molecule has 0 spiro atoms. The zero-order valence-corrected chi connectivity index (χ0v) is 14.0. The number of pyridine rings is 1. The minimum atomic E-state index is -0.140. The summed E-state index contributed by atoms with van der Waals surface area (Å²) in [6, 6.07) is 5.94. The maximum Gasteiger partial charge on any atom is 0.225 e. The molecule has 1 N–H and O–H groups in total. The van der Waals surface area contributed by atoms with E-state index in [0.717, 1.165) is 44.6 Å². The van der Waals surface area contributed by atoms with Crippen molar-refractivity contribution in [3.63, 3.8) is 0 Å². The molecule has 2 fully saturated rings. The van der Waals surface area contributed by atoms with Gasteiger partial charge in [0.15, 0.2) is 0 Å². The molecule has 1 aliphatic heterocycles. The summed E-state index contributed by atoms with van der Waals surface area (Å²) in [6.45, 7) is 2.35. The van der Waals surface area contributed by atoms with E-state index in [9.17, 15) is 4.79 Å². The van der Waals surface area contributed by atoms with Crippen LogP contribution >= 0.6 is 0 Å². The number of piperidine rings is 1. The highest BCUT2D eigenvalue weighted by molar-refractivity contribution is 5.80. The van der Waals surface area contributed by atoms with Crippen molar-refractivity contribution in [1.29, 1.82) is 0 Å². The molecule has 1 aliphatic carbocycles. The molecule has 2 aliphatic rings. The van der Waals surface area contributed by atoms with Gasteiger partial charge in [-0.25, -0.2) is 4.98 Å². The second kappa shape index (κ2) is 7.30. The largest absolute Gasteiger partial charge is 0.382 e. The summed E-state index contributed by atoms with van der Waals surface area (Å²) in [5, 5.41) is 3.32. The van der Waals surface area contributed by atoms with E-state index in [0.29, 0.717) is 6.61 Å². The number of aromatic nitrogens is 1. The van der Waals surface area contributed by atoms with Gasteiger partial charge in [-0.3, -0.25) is 4.79 Å². The van der Waals surface area contributed by atoms with Crippen LogP contribution in [0.3, 0.4) is 0 Å². The van der Waals surface area contributed by atoms with Crippen molar-refractivity contribution >= 4 is 11.7 Å². The molecule has 0 aromatic carbocycles. The fourth-order valence-corrected chi connectivity index (χ4v) is 3.94. The standard InChI is InChI=1S/C18H27N3O2/c1-23-14-18(9-3-4-10-18)20-17(22)15-7-6-12-21(13-15)16-8-2-5-11-19-16/h2,5,8,11,15H,3-4,6-7,9-10,12-14H2,1H3,(H,20,22). The van der Waals surface area contributed by atoms with Gasteiger partial charge in [0.2, 0.25) is 5.91 Å². The number of carbonyl (C=O) groups is 1. The van der Waals surface area contributed by atoms with E-state index in [4.69, 9.17) is 4.74 Å². The highest BCUT2D eigenvalue weighted by atomic mass is 16.5. The number of nitrogens with one attached hydrogen (secondary N) is 1. The predicted molar refractivity (Wildman–Crippen MR) is 90.4 cm³/mol. The van der Waals surface area contributed by atoms with Crippen LogP contribution in [0.2, 0.25) is 0 Å². The van der Waals surface area contributed by atoms with E-state index >= 15 is 0 Å². The summed E-state index contributed by atoms with van der Waals surface area (Å²) >= 11 is 0. The third-order valence-electron chi connectivity index (χ3n) is 5.14. The first-order valence-electron chi connectivity index (χ1n) is 8.69. The molecule has 5 heteroatoms. The first kappa shape index (κ1) is 16.2. The fourth-order valence-electron chi connectivity index (χ4n) is 3.94. The normalized spacial score (nSPS) is 23.7. The minimum Gasteiger partial charge on any atom is -0.382 e. The molecular formula is C18H27N3O2. The van der Waals surface area contributed by atoms with Gasteiger partial charge in [-0.2, -0.15) is 0 Å². The van der Waals surface area contributed by atoms with E-state index in [2.05, 4.69) is 15.2 Å². The molecule has 23 heavy (non-hydrogen) atoms. The predicted octanol–water partition coefficient (Wildman–Crippen LogP) is 2.37. The van der Waals surface area contributed by atoms with Gasteiger partial charge < -0.3 is 15.0 Å². The molecule has 1 atom stereocenters. The van der Waals surface area contributed by atoms with Crippen molar-refractivity contribution in [3.8, 4) is 0 Å². The molecule has 2 heterocycles. The van der Waals surface area contributed by atoms with E-state index < -0.39 is 0 Å². The van der Waals surface area contributed by atoms with Crippen molar-refractivity contribution in [2.75, 3.05) is 31.7 Å². The SMILES string of the molecule is COCC1(NC(=O)C2CCCN(c3ccccn3)C2)CCCC1. The van der Waals surface area contributed by atoms with Gasteiger partial charge in [-0.1, -0.05) is 18.9 Å². The molecule has 1 saturated heterocycles. The highest BCUT2D eigenvalue weighted by Gasteiger charge is 2.37. The topological polar surface area (TPSA) is 54.5 Å². The van der Waals surface area contributed by atoms with Crippen LogP contribution in [-0.2, 0) is 9.53 Å². The van der Waals surface area contributed by atoms with Crippen LogP contribution in [0.1, 0.15) is 38.5 Å². The van der Waals surface area contributed by atoms with E-state index in [-0.39, 0.29) is 17.4 Å². The Labute approximate surface area is 138 Å². The van der Waals surface area contributed by atoms with Crippen LogP contribution < -0.4 is 10.2 Å². The third-order valence-corrected chi connectivity index (χ3v) is 5.14. The molecule has 1 saturated carbocycles. The summed E-state index contributed by atoms with van der Waals surface area (Å²) < 4.78 is 5.37. The lowest BCUT2D eigenvalue weighted by Gasteiger charge is -2.36. The molecule has 5 nitrogen and oxygen atoms in total. The molecule has 1 aromatic rings. The molecule has 3 rings (SSSR count). The van der Waals surface area contributed by atoms with E-state index in [1.165, 1.54) is 12.8 Å². The summed E-state index contributed by atoms with van der Waals surface area (Å²) in [5.74, 6) is 1.20. The maximum atomic E-state index is 12.8. The number of nitrogens with zero attached hydrogens (tertiary/aromatic N) is 2. The summed E-state index contributed by atoms with van der Waals surface area (Å²) in [7, 11) is 1.72. The number of methoxy groups -OCH3 is 1. The van der Waals surface area contributed by atoms with Gasteiger partial charge in [-0.05, 0) is 37.8 Å². The average Bonchev–Trinajstić information content (AvgIpc) is 3.04. The van der Waals surface area contributed by atoms with Gasteiger partial charge in [-0.15, -0.1) is 0 Å². The van der Waals surface area contributed by atoms with Crippen molar-refractivity contribution < 1.29 is 9.53 Å². The summed E-state index contributed by atoms with van der Waals surface area (Å²) in [4.78, 5) is 19.4. The molecule has 0 bridgehead atoms. The molecule has 1 aromatic heterocycles. The van der Waals surface area contributed by atoms with Gasteiger partial charge in [0, 0.05) is 26.4 Å². The van der Waals surface area contributed by atoms with Crippen LogP contribution in [0.25, 0.3) is 0 Å². The number of anilines is 1. The van der Waals surface area contributed by atoms with Crippen LogP contribution in [0.4, 0.5) is 5.82 Å². The van der Waals surface area contributed by atoms with Crippen molar-refractivity contribution in [2.24, 2.45) is 5.92 Å². The molecule has 126 valence electrons. The lowest BCUT2D eigenvalue weighted by atomic mass is 9.93. The van der Waals surface area contributed by atoms with Crippen molar-refractivity contribution in [2.45, 2.75) is 44.1 Å². The smallest absolute Gasteiger partial charge is 0.225 e. The zero-order valence-electron chi connectivity index (χ0n) is 14.0. The first-order chi connectivity index (χ1) is 11.2. The van der Waals surface area contributed by atoms with Gasteiger partial charge in [0.05, 0.1) is 18.1 Å². The number of amides is 1. The quantitative estimate of drug-likeness (QED) is 0.906. The van der Waals surface area contributed by atoms with Gasteiger partial charge in [0.1, 0.15) is 5.82 Å². The second-order valence-corrected chi connectivity index (χ2v) is 6.88. The molecular weight excluding hydrogens is 290 g/mol. The van der Waals surface area contributed by atoms with Crippen LogP contribution in [-0.4, -0.2) is 43.2 Å². The zero-order chi connectivity index (χ0) is 16.1. The first-order valence-corrected chi connectivity index (χ1v) is 8.69. The Hall–Kier alpha value is -1.62.